The predicted octanol–water partition coefficient (Wildman–Crippen LogP) is 7.14. The molecule has 174 valence electrons. The molecule has 0 aliphatic heterocycles. The number of para-hydroxylation sites is 1. The largest absolute Gasteiger partial charge is 0.478 e. The molecule has 5 nitrogen and oxygen atoms in total. The number of carbonyl (C=O) groups excluding carboxylic acids is 1. The van der Waals surface area contributed by atoms with Crippen molar-refractivity contribution in [1.82, 2.24) is 4.90 Å². The van der Waals surface area contributed by atoms with Crippen LogP contribution < -0.4 is 4.74 Å². The molecule has 35 heavy (non-hydrogen) atoms. The predicted molar refractivity (Wildman–Crippen MR) is 137 cm³/mol. The average molecular weight is 484 g/mol. The summed E-state index contributed by atoms with van der Waals surface area (Å²) in [6, 6.07) is 30.2. The van der Waals surface area contributed by atoms with Crippen molar-refractivity contribution < 1.29 is 19.4 Å². The van der Waals surface area contributed by atoms with Crippen LogP contribution in [0.1, 0.15) is 31.8 Å². The van der Waals surface area contributed by atoms with Gasteiger partial charge < -0.3 is 14.7 Å². The van der Waals surface area contributed by atoms with Crippen molar-refractivity contribution in [2.75, 3.05) is 0 Å². The number of ether oxygens (including phenoxy) is 1. The van der Waals surface area contributed by atoms with Crippen molar-refractivity contribution in [2.24, 2.45) is 0 Å². The number of hydrogen-bond donors (Lipinski definition) is 1. The normalized spacial score (nSPS) is 10.8. The molecule has 0 heterocycles. The van der Waals surface area contributed by atoms with Gasteiger partial charge in [-0.2, -0.15) is 0 Å². The number of halogens is 1. The molecule has 4 aromatic rings. The zero-order valence-electron chi connectivity index (χ0n) is 18.7. The number of rotatable bonds is 8. The summed E-state index contributed by atoms with van der Waals surface area (Å²) < 4.78 is 5.82. The maximum Gasteiger partial charge on any atom is 0.335 e. The average Bonchev–Trinajstić information content (AvgIpc) is 2.89. The monoisotopic (exact) mass is 483 g/mol. The molecule has 0 atom stereocenters. The van der Waals surface area contributed by atoms with Crippen molar-refractivity contribution in [1.29, 1.82) is 0 Å². The van der Waals surface area contributed by atoms with Crippen LogP contribution in [0.4, 0.5) is 0 Å². The summed E-state index contributed by atoms with van der Waals surface area (Å²) in [4.78, 5) is 26.1. The molecule has 0 aliphatic carbocycles. The molecule has 6 heteroatoms. The molecule has 0 radical (unpaired) electrons. The van der Waals surface area contributed by atoms with E-state index in [9.17, 15) is 9.59 Å². The second kappa shape index (κ2) is 11.2. The van der Waals surface area contributed by atoms with Crippen LogP contribution in [-0.2, 0) is 6.54 Å². The van der Waals surface area contributed by atoms with E-state index in [1.807, 2.05) is 48.5 Å². The Hall–Kier alpha value is -4.35. The third-order valence-corrected chi connectivity index (χ3v) is 5.54. The van der Waals surface area contributed by atoms with E-state index in [0.29, 0.717) is 22.1 Å². The third-order valence-electron chi connectivity index (χ3n) is 5.23. The van der Waals surface area contributed by atoms with Crippen LogP contribution in [0.2, 0.25) is 5.02 Å². The summed E-state index contributed by atoms with van der Waals surface area (Å²) in [7, 11) is 0. The lowest BCUT2D eigenvalue weighted by Gasteiger charge is -2.19. The van der Waals surface area contributed by atoms with Crippen molar-refractivity contribution in [3.8, 4) is 11.5 Å². The summed E-state index contributed by atoms with van der Waals surface area (Å²) >= 11 is 6.16. The minimum atomic E-state index is -0.993. The van der Waals surface area contributed by atoms with Crippen LogP contribution in [0.3, 0.4) is 0 Å². The Kier molecular flexibility index (Phi) is 7.60. The number of benzene rings is 4. The Balaban J connectivity index is 1.55. The van der Waals surface area contributed by atoms with Gasteiger partial charge in [0.1, 0.15) is 11.5 Å². The molecule has 0 saturated heterocycles. The first-order chi connectivity index (χ1) is 17.0. The zero-order valence-corrected chi connectivity index (χ0v) is 19.4. The Morgan fingerprint density at radius 3 is 2.09 bits per heavy atom. The van der Waals surface area contributed by atoms with Gasteiger partial charge in [0.15, 0.2) is 0 Å². The van der Waals surface area contributed by atoms with E-state index in [-0.39, 0.29) is 18.0 Å². The molecule has 1 N–H and O–H groups in total. The Labute approximate surface area is 208 Å². The van der Waals surface area contributed by atoms with Crippen molar-refractivity contribution >= 4 is 29.6 Å². The molecule has 0 saturated carbocycles. The highest BCUT2D eigenvalue weighted by Gasteiger charge is 2.15. The summed E-state index contributed by atoms with van der Waals surface area (Å²) in [6.07, 6.45) is 3.59. The number of aromatic carboxylic acids is 1. The fourth-order valence-electron chi connectivity index (χ4n) is 3.37. The number of amides is 1. The lowest BCUT2D eigenvalue weighted by Crippen LogP contribution is -2.25. The molecular formula is C29H22ClNO4. The summed E-state index contributed by atoms with van der Waals surface area (Å²) in [5, 5.41) is 9.64. The second-order valence-electron chi connectivity index (χ2n) is 7.72. The van der Waals surface area contributed by atoms with Crippen LogP contribution in [0, 0.1) is 0 Å². The van der Waals surface area contributed by atoms with E-state index >= 15 is 0 Å². The fourth-order valence-corrected chi connectivity index (χ4v) is 3.54. The lowest BCUT2D eigenvalue weighted by atomic mass is 10.1. The number of carbonyl (C=O) groups is 2. The van der Waals surface area contributed by atoms with Crippen LogP contribution in [0.25, 0.3) is 6.08 Å². The lowest BCUT2D eigenvalue weighted by molar-refractivity contribution is 0.0696. The van der Waals surface area contributed by atoms with Gasteiger partial charge in [0.05, 0.1) is 17.1 Å². The van der Waals surface area contributed by atoms with Crippen LogP contribution in [-0.4, -0.2) is 21.9 Å². The highest BCUT2D eigenvalue weighted by atomic mass is 35.5. The van der Waals surface area contributed by atoms with E-state index in [4.69, 9.17) is 21.4 Å². The summed E-state index contributed by atoms with van der Waals surface area (Å²) in [6.45, 7) is 0.278. The Morgan fingerprint density at radius 1 is 0.800 bits per heavy atom. The second-order valence-corrected chi connectivity index (χ2v) is 8.13. The number of carboxylic acid groups (broad SMARTS) is 1. The minimum Gasteiger partial charge on any atom is -0.478 e. The van der Waals surface area contributed by atoms with Crippen LogP contribution in [0.15, 0.2) is 109 Å². The molecule has 4 rings (SSSR count). The zero-order chi connectivity index (χ0) is 24.6. The molecule has 4 aromatic carbocycles. The van der Waals surface area contributed by atoms with E-state index in [0.717, 1.165) is 11.1 Å². The van der Waals surface area contributed by atoms with Crippen molar-refractivity contribution in [3.63, 3.8) is 0 Å². The Bertz CT molecular complexity index is 1330. The molecular weight excluding hydrogens is 462 g/mol. The first kappa shape index (κ1) is 23.8. The van der Waals surface area contributed by atoms with Crippen LogP contribution in [0.5, 0.6) is 11.5 Å². The van der Waals surface area contributed by atoms with Gasteiger partial charge in [-0.25, -0.2) is 4.79 Å². The maximum absolute atomic E-state index is 13.4. The van der Waals surface area contributed by atoms with E-state index in [1.165, 1.54) is 12.1 Å². The quantitative estimate of drug-likeness (QED) is 0.289. The first-order valence-corrected chi connectivity index (χ1v) is 11.3. The van der Waals surface area contributed by atoms with Gasteiger partial charge in [0.2, 0.25) is 0 Å². The molecule has 0 unspecified atom stereocenters. The highest BCUT2D eigenvalue weighted by molar-refractivity contribution is 6.32. The van der Waals surface area contributed by atoms with Gasteiger partial charge >= 0.3 is 5.97 Å². The minimum absolute atomic E-state index is 0.195. The van der Waals surface area contributed by atoms with Gasteiger partial charge in [0, 0.05) is 11.8 Å². The SMILES string of the molecule is O=C(O)c1ccc(CN(C=Cc2ccccc2)C(=O)c2ccc(Oc3ccccc3Cl)cc2)cc1. The van der Waals surface area contributed by atoms with Crippen molar-refractivity contribution in [2.45, 2.75) is 6.54 Å². The first-order valence-electron chi connectivity index (χ1n) is 10.9. The summed E-state index contributed by atoms with van der Waals surface area (Å²) in [5.41, 5.74) is 2.44. The molecule has 1 amide bonds. The van der Waals surface area contributed by atoms with Crippen LogP contribution >= 0.6 is 11.6 Å². The third kappa shape index (κ3) is 6.37. The molecule has 0 aliphatic rings. The fraction of sp³-hybridized carbons (Fsp3) is 0.0345. The smallest absolute Gasteiger partial charge is 0.335 e. The van der Waals surface area contributed by atoms with Gasteiger partial charge in [-0.15, -0.1) is 0 Å². The Morgan fingerprint density at radius 2 is 1.43 bits per heavy atom. The molecule has 0 aromatic heterocycles. The van der Waals surface area contributed by atoms with Gasteiger partial charge in [-0.3, -0.25) is 4.79 Å². The summed E-state index contributed by atoms with van der Waals surface area (Å²) in [5.74, 6) is -0.105. The van der Waals surface area contributed by atoms with Gasteiger partial charge in [0.25, 0.3) is 5.91 Å². The van der Waals surface area contributed by atoms with E-state index < -0.39 is 5.97 Å². The number of hydrogen-bond acceptors (Lipinski definition) is 3. The standard InChI is InChI=1S/C29H22ClNO4/c30-26-8-4-5-9-27(26)35-25-16-14-23(15-17-25)28(32)31(19-18-21-6-2-1-3-7-21)20-22-10-12-24(13-11-22)29(33)34/h1-19H,20H2,(H,33,34). The molecule has 0 spiro atoms. The number of nitrogens with zero attached hydrogens (tertiary/aromatic N) is 1. The van der Waals surface area contributed by atoms with Crippen molar-refractivity contribution in [3.05, 3.63) is 137 Å². The van der Waals surface area contributed by atoms with E-state index in [2.05, 4.69) is 0 Å². The highest BCUT2D eigenvalue weighted by Crippen LogP contribution is 2.29. The van der Waals surface area contributed by atoms with Gasteiger partial charge in [-0.05, 0) is 65.7 Å². The van der Waals surface area contributed by atoms with E-state index in [1.54, 1.807) is 59.6 Å². The maximum atomic E-state index is 13.4. The molecule has 0 bridgehead atoms. The topological polar surface area (TPSA) is 66.8 Å². The number of carboxylic acids is 1. The molecule has 0 fully saturated rings. The van der Waals surface area contributed by atoms with Gasteiger partial charge in [-0.1, -0.05) is 66.2 Å².